The summed E-state index contributed by atoms with van der Waals surface area (Å²) >= 11 is 7.02. The monoisotopic (exact) mass is 383 g/mol. The van der Waals surface area contributed by atoms with E-state index < -0.39 is 0 Å². The number of ketones is 1. The second kappa shape index (κ2) is 7.48. The van der Waals surface area contributed by atoms with Crippen molar-refractivity contribution in [2.75, 3.05) is 18.2 Å². The van der Waals surface area contributed by atoms with Crippen molar-refractivity contribution >= 4 is 50.8 Å². The number of ether oxygens (including phenoxy) is 1. The molecule has 3 rings (SSSR count). The third kappa shape index (κ3) is 3.49. The first-order valence-electron chi connectivity index (χ1n) is 7.54. The normalized spacial score (nSPS) is 10.2. The number of nitrogens with one attached hydrogen (secondary N) is 1. The standard InChI is InChI=1S/C19H14ClN3O2S/c1-22-16-15(21)18(17(24)11-3-5-12(20)6-4-11)26-19(16)23-13-7-9-14(25-2)10-8-13/h3-10,23H,21H2,2H3. The topological polar surface area (TPSA) is 68.7 Å². The van der Waals surface area contributed by atoms with Crippen LogP contribution in [0.2, 0.25) is 5.02 Å². The molecule has 0 aliphatic heterocycles. The highest BCUT2D eigenvalue weighted by Gasteiger charge is 2.22. The number of hydrogen-bond acceptors (Lipinski definition) is 5. The van der Waals surface area contributed by atoms with Crippen LogP contribution in [0, 0.1) is 6.57 Å². The van der Waals surface area contributed by atoms with Crippen molar-refractivity contribution in [1.29, 1.82) is 0 Å². The van der Waals surface area contributed by atoms with Crippen LogP contribution in [0.3, 0.4) is 0 Å². The van der Waals surface area contributed by atoms with E-state index in [9.17, 15) is 4.79 Å². The van der Waals surface area contributed by atoms with Crippen LogP contribution in [-0.4, -0.2) is 12.9 Å². The molecule has 0 saturated carbocycles. The molecule has 3 N–H and O–H groups in total. The van der Waals surface area contributed by atoms with Crippen LogP contribution in [0.25, 0.3) is 4.85 Å². The predicted octanol–water partition coefficient (Wildman–Crippen LogP) is 5.52. The van der Waals surface area contributed by atoms with Crippen molar-refractivity contribution in [1.82, 2.24) is 0 Å². The molecule has 0 spiro atoms. The number of methoxy groups -OCH3 is 1. The molecule has 0 amide bonds. The fourth-order valence-corrected chi connectivity index (χ4v) is 3.51. The zero-order valence-corrected chi connectivity index (χ0v) is 15.3. The molecular weight excluding hydrogens is 370 g/mol. The number of benzene rings is 2. The molecule has 1 aromatic heterocycles. The zero-order valence-electron chi connectivity index (χ0n) is 13.7. The summed E-state index contributed by atoms with van der Waals surface area (Å²) in [6.07, 6.45) is 0. The Morgan fingerprint density at radius 3 is 2.42 bits per heavy atom. The number of thiophene rings is 1. The van der Waals surface area contributed by atoms with Gasteiger partial charge in [-0.1, -0.05) is 11.6 Å². The maximum absolute atomic E-state index is 12.7. The first-order valence-corrected chi connectivity index (χ1v) is 8.74. The number of carbonyl (C=O) groups is 1. The molecule has 0 radical (unpaired) electrons. The first kappa shape index (κ1) is 17.8. The highest BCUT2D eigenvalue weighted by molar-refractivity contribution is 7.19. The molecule has 0 fully saturated rings. The minimum atomic E-state index is -0.239. The number of nitrogen functional groups attached to an aromatic ring is 1. The van der Waals surface area contributed by atoms with Gasteiger partial charge >= 0.3 is 0 Å². The molecule has 0 saturated heterocycles. The van der Waals surface area contributed by atoms with E-state index in [0.717, 1.165) is 22.8 Å². The number of rotatable bonds is 5. The Morgan fingerprint density at radius 1 is 1.19 bits per heavy atom. The van der Waals surface area contributed by atoms with Gasteiger partial charge in [-0.2, -0.15) is 0 Å². The molecule has 26 heavy (non-hydrogen) atoms. The van der Waals surface area contributed by atoms with Gasteiger partial charge in [0.25, 0.3) is 0 Å². The predicted molar refractivity (Wildman–Crippen MR) is 106 cm³/mol. The highest BCUT2D eigenvalue weighted by Crippen LogP contribution is 2.45. The fraction of sp³-hybridized carbons (Fsp3) is 0.0526. The summed E-state index contributed by atoms with van der Waals surface area (Å²) < 4.78 is 5.13. The Morgan fingerprint density at radius 2 is 1.85 bits per heavy atom. The molecule has 1 heterocycles. The van der Waals surface area contributed by atoms with Crippen LogP contribution in [0.15, 0.2) is 48.5 Å². The lowest BCUT2D eigenvalue weighted by Gasteiger charge is -2.05. The maximum Gasteiger partial charge on any atom is 0.243 e. The molecular formula is C19H14ClN3O2S. The SMILES string of the molecule is [C-]#[N+]c1c(Nc2ccc(OC)cc2)sc(C(=O)c2ccc(Cl)cc2)c1N. The summed E-state index contributed by atoms with van der Waals surface area (Å²) in [6.45, 7) is 7.41. The van der Waals surface area contributed by atoms with Gasteiger partial charge in [0.1, 0.15) is 10.8 Å². The van der Waals surface area contributed by atoms with Gasteiger partial charge in [0.2, 0.25) is 11.5 Å². The van der Waals surface area contributed by atoms with Crippen LogP contribution in [0.4, 0.5) is 22.1 Å². The lowest BCUT2D eigenvalue weighted by Crippen LogP contribution is -2.01. The summed E-state index contributed by atoms with van der Waals surface area (Å²) in [6, 6.07) is 13.8. The molecule has 7 heteroatoms. The number of halogens is 1. The summed E-state index contributed by atoms with van der Waals surface area (Å²) in [5.74, 6) is 0.488. The Hall–Kier alpha value is -3.01. The molecule has 0 atom stereocenters. The number of nitrogens with two attached hydrogens (primary N) is 1. The van der Waals surface area contributed by atoms with Crippen LogP contribution in [-0.2, 0) is 0 Å². The van der Waals surface area contributed by atoms with E-state index in [0.29, 0.717) is 20.5 Å². The quantitative estimate of drug-likeness (QED) is 0.449. The fourth-order valence-electron chi connectivity index (χ4n) is 2.34. The molecule has 0 aliphatic carbocycles. The third-order valence-electron chi connectivity index (χ3n) is 3.69. The molecule has 0 unspecified atom stereocenters. The summed E-state index contributed by atoms with van der Waals surface area (Å²) in [7, 11) is 1.59. The minimum Gasteiger partial charge on any atom is -0.497 e. The lowest BCUT2D eigenvalue weighted by molar-refractivity contribution is 0.104. The zero-order chi connectivity index (χ0) is 18.7. The molecule has 0 aliphatic rings. The van der Waals surface area contributed by atoms with Gasteiger partial charge in [-0.05, 0) is 48.5 Å². The molecule has 3 aromatic rings. The second-order valence-electron chi connectivity index (χ2n) is 5.32. The van der Waals surface area contributed by atoms with Crippen LogP contribution in [0.1, 0.15) is 15.2 Å². The molecule has 5 nitrogen and oxygen atoms in total. The third-order valence-corrected chi connectivity index (χ3v) is 5.05. The molecule has 130 valence electrons. The Kier molecular flexibility index (Phi) is 5.12. The summed E-state index contributed by atoms with van der Waals surface area (Å²) in [5, 5.41) is 4.22. The summed E-state index contributed by atoms with van der Waals surface area (Å²) in [5.41, 5.74) is 7.73. The number of carbonyl (C=O) groups excluding carboxylic acids is 1. The summed E-state index contributed by atoms with van der Waals surface area (Å²) in [4.78, 5) is 16.5. The maximum atomic E-state index is 12.7. The van der Waals surface area contributed by atoms with Crippen LogP contribution < -0.4 is 15.8 Å². The van der Waals surface area contributed by atoms with Crippen molar-refractivity contribution in [2.45, 2.75) is 0 Å². The van der Waals surface area contributed by atoms with E-state index in [1.807, 2.05) is 12.1 Å². The van der Waals surface area contributed by atoms with E-state index in [1.165, 1.54) is 0 Å². The van der Waals surface area contributed by atoms with Crippen LogP contribution in [0.5, 0.6) is 5.75 Å². The Balaban J connectivity index is 1.94. The minimum absolute atomic E-state index is 0.181. The average molecular weight is 384 g/mol. The van der Waals surface area contributed by atoms with Gasteiger partial charge < -0.3 is 15.8 Å². The number of hydrogen-bond donors (Lipinski definition) is 2. The highest BCUT2D eigenvalue weighted by atomic mass is 35.5. The first-order chi connectivity index (χ1) is 12.5. The van der Waals surface area contributed by atoms with Crippen molar-refractivity contribution in [3.63, 3.8) is 0 Å². The Labute approximate surface area is 159 Å². The van der Waals surface area contributed by atoms with Gasteiger partial charge in [-0.15, -0.1) is 11.3 Å². The van der Waals surface area contributed by atoms with Gasteiger partial charge in [-0.3, -0.25) is 4.79 Å². The smallest absolute Gasteiger partial charge is 0.243 e. The van der Waals surface area contributed by atoms with Gasteiger partial charge in [-0.25, -0.2) is 4.85 Å². The average Bonchev–Trinajstić information content (AvgIpc) is 2.97. The lowest BCUT2D eigenvalue weighted by atomic mass is 10.1. The van der Waals surface area contributed by atoms with Crippen molar-refractivity contribution in [3.8, 4) is 5.75 Å². The van der Waals surface area contributed by atoms with Crippen molar-refractivity contribution < 1.29 is 9.53 Å². The number of nitrogens with zero attached hydrogens (tertiary/aromatic N) is 1. The van der Waals surface area contributed by atoms with Crippen molar-refractivity contribution in [2.24, 2.45) is 0 Å². The van der Waals surface area contributed by atoms with E-state index in [-0.39, 0.29) is 17.2 Å². The molecule has 0 bridgehead atoms. The largest absolute Gasteiger partial charge is 0.497 e. The van der Waals surface area contributed by atoms with E-state index in [1.54, 1.807) is 43.5 Å². The van der Waals surface area contributed by atoms with Crippen LogP contribution >= 0.6 is 22.9 Å². The van der Waals surface area contributed by atoms with Gasteiger partial charge in [0.15, 0.2) is 0 Å². The second-order valence-corrected chi connectivity index (χ2v) is 6.78. The van der Waals surface area contributed by atoms with E-state index in [4.69, 9.17) is 28.6 Å². The number of anilines is 3. The van der Waals surface area contributed by atoms with Crippen molar-refractivity contribution in [3.05, 3.63) is 75.4 Å². The Bertz CT molecular complexity index is 989. The van der Waals surface area contributed by atoms with Gasteiger partial charge in [0, 0.05) is 16.3 Å². The van der Waals surface area contributed by atoms with E-state index >= 15 is 0 Å². The molecule has 2 aromatic carbocycles. The van der Waals surface area contributed by atoms with E-state index in [2.05, 4.69) is 10.2 Å². The van der Waals surface area contributed by atoms with Gasteiger partial charge in [0.05, 0.1) is 24.2 Å².